The van der Waals surface area contributed by atoms with Gasteiger partial charge in [0.1, 0.15) is 24.6 Å². The molecule has 8 nitrogen and oxygen atoms in total. The van der Waals surface area contributed by atoms with Crippen LogP contribution in [-0.4, -0.2) is 67.2 Å². The molecule has 2 heterocycles. The van der Waals surface area contributed by atoms with Gasteiger partial charge in [-0.1, -0.05) is 30.0 Å². The molecule has 1 amide bonds. The number of amides is 1. The molecule has 0 aliphatic carbocycles. The van der Waals surface area contributed by atoms with E-state index in [-0.39, 0.29) is 17.4 Å². The van der Waals surface area contributed by atoms with Crippen LogP contribution in [0.5, 0.6) is 11.5 Å². The molecule has 0 saturated carbocycles. The second kappa shape index (κ2) is 10.3. The van der Waals surface area contributed by atoms with Gasteiger partial charge in [-0.05, 0) is 49.2 Å². The summed E-state index contributed by atoms with van der Waals surface area (Å²) in [5.41, 5.74) is 0.860. The monoisotopic (exact) mass is 466 g/mol. The Labute approximate surface area is 199 Å². The van der Waals surface area contributed by atoms with E-state index in [9.17, 15) is 19.8 Å². The van der Waals surface area contributed by atoms with Crippen molar-refractivity contribution in [2.24, 2.45) is 0 Å². The number of hydrogen-bond acceptors (Lipinski definition) is 6. The molecule has 2 aliphatic heterocycles. The quantitative estimate of drug-likeness (QED) is 0.346. The van der Waals surface area contributed by atoms with Crippen molar-refractivity contribution in [3.05, 3.63) is 65.2 Å². The van der Waals surface area contributed by atoms with Crippen LogP contribution in [0.15, 0.2) is 54.1 Å². The van der Waals surface area contributed by atoms with Crippen molar-refractivity contribution >= 4 is 17.4 Å². The Kier molecular flexibility index (Phi) is 7.19. The van der Waals surface area contributed by atoms with Crippen LogP contribution in [0.3, 0.4) is 0 Å². The second-order valence-corrected chi connectivity index (χ2v) is 8.87. The summed E-state index contributed by atoms with van der Waals surface area (Å²) in [6.45, 7) is 7.80. The zero-order chi connectivity index (χ0) is 24.2. The summed E-state index contributed by atoms with van der Waals surface area (Å²) in [7, 11) is 0. The molecular formula is C26H30N2O6. The third-order valence-corrected chi connectivity index (χ3v) is 6.13. The van der Waals surface area contributed by atoms with Gasteiger partial charge in [0, 0.05) is 5.57 Å². The summed E-state index contributed by atoms with van der Waals surface area (Å²) >= 11 is 0. The van der Waals surface area contributed by atoms with E-state index < -0.39 is 23.5 Å². The van der Waals surface area contributed by atoms with Crippen LogP contribution in [0.25, 0.3) is 5.76 Å². The van der Waals surface area contributed by atoms with Gasteiger partial charge < -0.3 is 29.5 Å². The fourth-order valence-electron chi connectivity index (χ4n) is 4.41. The molecule has 2 aromatic rings. The minimum Gasteiger partial charge on any atom is -0.872 e. The van der Waals surface area contributed by atoms with Gasteiger partial charge in [-0.25, -0.2) is 0 Å². The van der Waals surface area contributed by atoms with Gasteiger partial charge in [0.2, 0.25) is 5.78 Å². The summed E-state index contributed by atoms with van der Waals surface area (Å²) in [6, 6.07) is 12.1. The van der Waals surface area contributed by atoms with Crippen molar-refractivity contribution in [1.29, 1.82) is 0 Å². The average Bonchev–Trinajstić information content (AvgIpc) is 3.08. The van der Waals surface area contributed by atoms with Crippen LogP contribution in [-0.2, 0) is 14.3 Å². The molecule has 4 rings (SSSR count). The minimum atomic E-state index is -0.805. The van der Waals surface area contributed by atoms with E-state index in [1.54, 1.807) is 36.4 Å². The smallest absolute Gasteiger partial charge is 0.295 e. The minimum absolute atomic E-state index is 0.00834. The molecule has 2 fully saturated rings. The summed E-state index contributed by atoms with van der Waals surface area (Å²) < 4.78 is 11.0. The van der Waals surface area contributed by atoms with Crippen molar-refractivity contribution in [3.63, 3.8) is 0 Å². The number of quaternary nitrogens is 1. The molecule has 2 N–H and O–H groups in total. The van der Waals surface area contributed by atoms with Crippen molar-refractivity contribution in [1.82, 2.24) is 4.90 Å². The number of carbonyl (C=O) groups excluding carboxylic acids is 2. The number of phenolic OH excluding ortho intramolecular Hbond substituents is 1. The summed E-state index contributed by atoms with van der Waals surface area (Å²) in [5, 5.41) is 23.2. The Hall–Kier alpha value is -3.36. The summed E-state index contributed by atoms with van der Waals surface area (Å²) in [4.78, 5) is 28.9. The first-order chi connectivity index (χ1) is 16.3. The van der Waals surface area contributed by atoms with E-state index in [0.717, 1.165) is 13.1 Å². The third-order valence-electron chi connectivity index (χ3n) is 6.13. The fourth-order valence-corrected chi connectivity index (χ4v) is 4.41. The number of hydrogen-bond donors (Lipinski definition) is 2. The Morgan fingerprint density at radius 3 is 2.38 bits per heavy atom. The second-order valence-electron chi connectivity index (χ2n) is 8.87. The molecular weight excluding hydrogens is 436 g/mol. The van der Waals surface area contributed by atoms with E-state index in [1.165, 1.54) is 21.9 Å². The standard InChI is InChI=1S/C26H30N2O6/c1-17(2)34-21-9-5-19(6-10-21)24(30)22-23(18-3-7-20(29)8-4-18)28(26(32)25(22)31)12-11-27-13-15-33-16-14-27/h3-10,17,23,29-30H,11-16H2,1-2H3. The van der Waals surface area contributed by atoms with E-state index >= 15 is 0 Å². The predicted octanol–water partition coefficient (Wildman–Crippen LogP) is 0.319. The highest BCUT2D eigenvalue weighted by molar-refractivity contribution is 6.46. The first-order valence-electron chi connectivity index (χ1n) is 11.6. The lowest BCUT2D eigenvalue weighted by atomic mass is 9.95. The Balaban J connectivity index is 1.69. The predicted molar refractivity (Wildman–Crippen MR) is 123 cm³/mol. The maximum absolute atomic E-state index is 13.5. The largest absolute Gasteiger partial charge is 0.872 e. The number of rotatable bonds is 7. The van der Waals surface area contributed by atoms with Crippen molar-refractivity contribution in [2.45, 2.75) is 26.0 Å². The van der Waals surface area contributed by atoms with Crippen LogP contribution in [0.4, 0.5) is 0 Å². The summed E-state index contributed by atoms with van der Waals surface area (Å²) in [5.74, 6) is -1.24. The highest BCUT2D eigenvalue weighted by atomic mass is 16.5. The number of nitrogens with zero attached hydrogens (tertiary/aromatic N) is 1. The number of carbonyl (C=O) groups is 2. The maximum Gasteiger partial charge on any atom is 0.295 e. The third kappa shape index (κ3) is 5.08. The Morgan fingerprint density at radius 1 is 1.12 bits per heavy atom. The zero-order valence-corrected chi connectivity index (χ0v) is 19.5. The average molecular weight is 467 g/mol. The number of ether oxygens (including phenoxy) is 2. The highest BCUT2D eigenvalue weighted by Gasteiger charge is 2.44. The number of nitrogens with one attached hydrogen (secondary N) is 1. The molecule has 1 unspecified atom stereocenters. The van der Waals surface area contributed by atoms with E-state index in [4.69, 9.17) is 9.47 Å². The molecule has 2 aliphatic rings. The van der Waals surface area contributed by atoms with Gasteiger partial charge >= 0.3 is 0 Å². The van der Waals surface area contributed by atoms with Crippen LogP contribution >= 0.6 is 0 Å². The highest BCUT2D eigenvalue weighted by Crippen LogP contribution is 2.39. The van der Waals surface area contributed by atoms with Gasteiger partial charge in [0.25, 0.3) is 5.91 Å². The fraction of sp³-hybridized carbons (Fsp3) is 0.385. The van der Waals surface area contributed by atoms with Crippen molar-refractivity contribution in [2.75, 3.05) is 39.4 Å². The lowest BCUT2D eigenvalue weighted by Crippen LogP contribution is -3.14. The lowest BCUT2D eigenvalue weighted by molar-refractivity contribution is -0.907. The SMILES string of the molecule is CC(C)Oc1ccc(C([O-])=C2C(=O)C(=O)N(CC[NH+]3CCOCC3)C2c2ccc(O)cc2)cc1. The number of likely N-dealkylation sites (tertiary alicyclic amines) is 1. The van der Waals surface area contributed by atoms with Crippen LogP contribution in [0, 0.1) is 0 Å². The number of morpholine rings is 1. The molecule has 8 heteroatoms. The number of phenols is 1. The molecule has 2 aromatic carbocycles. The Morgan fingerprint density at radius 2 is 1.76 bits per heavy atom. The maximum atomic E-state index is 13.5. The Bertz CT molecular complexity index is 1060. The molecule has 2 saturated heterocycles. The number of Topliss-reactive ketones (excluding diaryl/α,β-unsaturated/α-hetero) is 1. The first-order valence-corrected chi connectivity index (χ1v) is 11.6. The number of benzene rings is 2. The van der Waals surface area contributed by atoms with Crippen LogP contribution in [0.1, 0.15) is 31.0 Å². The van der Waals surface area contributed by atoms with Crippen molar-refractivity contribution < 1.29 is 34.2 Å². The number of aromatic hydroxyl groups is 1. The van der Waals surface area contributed by atoms with Crippen LogP contribution in [0.2, 0.25) is 0 Å². The first kappa shape index (κ1) is 23.8. The van der Waals surface area contributed by atoms with Gasteiger partial charge in [0.05, 0.1) is 38.4 Å². The van der Waals surface area contributed by atoms with Gasteiger partial charge in [-0.15, -0.1) is 0 Å². The molecule has 0 bridgehead atoms. The summed E-state index contributed by atoms with van der Waals surface area (Å²) in [6.07, 6.45) is -0.00834. The van der Waals surface area contributed by atoms with E-state index in [1.807, 2.05) is 13.8 Å². The van der Waals surface area contributed by atoms with Gasteiger partial charge in [-0.2, -0.15) is 0 Å². The van der Waals surface area contributed by atoms with E-state index in [2.05, 4.69) is 0 Å². The van der Waals surface area contributed by atoms with Crippen molar-refractivity contribution in [3.8, 4) is 11.5 Å². The normalized spacial score (nSPS) is 20.8. The van der Waals surface area contributed by atoms with E-state index in [0.29, 0.717) is 43.2 Å². The zero-order valence-electron chi connectivity index (χ0n) is 19.5. The number of ketones is 1. The molecule has 1 atom stereocenters. The topological polar surface area (TPSA) is 104 Å². The molecule has 0 radical (unpaired) electrons. The molecule has 34 heavy (non-hydrogen) atoms. The molecule has 0 spiro atoms. The van der Waals surface area contributed by atoms with Gasteiger partial charge in [0.15, 0.2) is 0 Å². The molecule has 180 valence electrons. The lowest BCUT2D eigenvalue weighted by Gasteiger charge is -2.30. The van der Waals surface area contributed by atoms with Gasteiger partial charge in [-0.3, -0.25) is 9.59 Å². The van der Waals surface area contributed by atoms with Crippen LogP contribution < -0.4 is 14.7 Å². The molecule has 0 aromatic heterocycles.